The summed E-state index contributed by atoms with van der Waals surface area (Å²) >= 11 is 0. The monoisotopic (exact) mass is 390 g/mol. The zero-order valence-corrected chi connectivity index (χ0v) is 16.9. The molecule has 150 valence electrons. The van der Waals surface area contributed by atoms with Gasteiger partial charge < -0.3 is 19.4 Å². The standard InChI is InChI=1S/C24H26N2O3/c1-16(2)29-18-7-8-20-17(13-18)14-21(25-20)23(27)26-11-9-24(10-12-26)15-28-22-6-4-3-5-19(22)24/h3-8,13-14,16,25H,9-12,15H2,1-2H3. The highest BCUT2D eigenvalue weighted by molar-refractivity contribution is 5.98. The van der Waals surface area contributed by atoms with Crippen molar-refractivity contribution in [2.24, 2.45) is 0 Å². The predicted molar refractivity (Wildman–Crippen MR) is 113 cm³/mol. The van der Waals surface area contributed by atoms with Gasteiger partial charge in [0.1, 0.15) is 17.2 Å². The molecule has 3 aromatic rings. The second kappa shape index (κ2) is 6.83. The van der Waals surface area contributed by atoms with E-state index in [1.807, 2.05) is 55.1 Å². The van der Waals surface area contributed by atoms with Gasteiger partial charge in [-0.3, -0.25) is 4.79 Å². The van der Waals surface area contributed by atoms with Crippen LogP contribution in [0.1, 0.15) is 42.7 Å². The highest BCUT2D eigenvalue weighted by Crippen LogP contribution is 2.45. The van der Waals surface area contributed by atoms with E-state index in [0.717, 1.165) is 54.9 Å². The van der Waals surface area contributed by atoms with E-state index in [4.69, 9.17) is 9.47 Å². The summed E-state index contributed by atoms with van der Waals surface area (Å²) in [5.74, 6) is 1.89. The van der Waals surface area contributed by atoms with Crippen LogP contribution in [0, 0.1) is 0 Å². The van der Waals surface area contributed by atoms with E-state index in [1.165, 1.54) is 5.56 Å². The number of hydrogen-bond acceptors (Lipinski definition) is 3. The van der Waals surface area contributed by atoms with Crippen LogP contribution in [0.25, 0.3) is 10.9 Å². The summed E-state index contributed by atoms with van der Waals surface area (Å²) in [6.07, 6.45) is 1.99. The third kappa shape index (κ3) is 3.15. The van der Waals surface area contributed by atoms with Gasteiger partial charge in [0.15, 0.2) is 0 Å². The number of carbonyl (C=O) groups is 1. The quantitative estimate of drug-likeness (QED) is 0.715. The second-order valence-electron chi connectivity index (χ2n) is 8.46. The third-order valence-electron chi connectivity index (χ3n) is 6.16. The summed E-state index contributed by atoms with van der Waals surface area (Å²) < 4.78 is 11.7. The Morgan fingerprint density at radius 3 is 2.72 bits per heavy atom. The maximum absolute atomic E-state index is 13.1. The molecule has 0 saturated carbocycles. The number of H-pyrrole nitrogens is 1. The van der Waals surface area contributed by atoms with Crippen molar-refractivity contribution in [3.8, 4) is 11.5 Å². The zero-order chi connectivity index (χ0) is 20.0. The maximum Gasteiger partial charge on any atom is 0.270 e. The summed E-state index contributed by atoms with van der Waals surface area (Å²) in [7, 11) is 0. The Hall–Kier alpha value is -2.95. The van der Waals surface area contributed by atoms with Crippen molar-refractivity contribution >= 4 is 16.8 Å². The molecule has 0 bridgehead atoms. The number of hydrogen-bond donors (Lipinski definition) is 1. The predicted octanol–water partition coefficient (Wildman–Crippen LogP) is 4.52. The number of nitrogens with zero attached hydrogens (tertiary/aromatic N) is 1. The lowest BCUT2D eigenvalue weighted by molar-refractivity contribution is 0.0642. The maximum atomic E-state index is 13.1. The minimum absolute atomic E-state index is 0.0525. The van der Waals surface area contributed by atoms with Gasteiger partial charge in [0.2, 0.25) is 0 Å². The largest absolute Gasteiger partial charge is 0.492 e. The van der Waals surface area contributed by atoms with Crippen LogP contribution < -0.4 is 9.47 Å². The number of rotatable bonds is 3. The van der Waals surface area contributed by atoms with Crippen molar-refractivity contribution in [2.45, 2.75) is 38.2 Å². The first kappa shape index (κ1) is 18.1. The van der Waals surface area contributed by atoms with Crippen LogP contribution in [0.15, 0.2) is 48.5 Å². The van der Waals surface area contributed by atoms with E-state index >= 15 is 0 Å². The third-order valence-corrected chi connectivity index (χ3v) is 6.16. The Balaban J connectivity index is 1.32. The molecule has 1 spiro atoms. The van der Waals surface area contributed by atoms with Crippen LogP contribution in [0.2, 0.25) is 0 Å². The van der Waals surface area contributed by atoms with E-state index in [2.05, 4.69) is 17.1 Å². The molecule has 1 saturated heterocycles. The number of amides is 1. The molecule has 5 heteroatoms. The van der Waals surface area contributed by atoms with Gasteiger partial charge in [-0.1, -0.05) is 18.2 Å². The fourth-order valence-corrected chi connectivity index (χ4v) is 4.62. The molecule has 5 nitrogen and oxygen atoms in total. The SMILES string of the molecule is CC(C)Oc1ccc2[nH]c(C(=O)N3CCC4(CC3)COc3ccccc34)cc2c1. The van der Waals surface area contributed by atoms with Crippen molar-refractivity contribution < 1.29 is 14.3 Å². The average molecular weight is 390 g/mol. The highest BCUT2D eigenvalue weighted by Gasteiger charge is 2.43. The van der Waals surface area contributed by atoms with Gasteiger partial charge in [0, 0.05) is 35.0 Å². The van der Waals surface area contributed by atoms with E-state index in [9.17, 15) is 4.79 Å². The molecule has 0 unspecified atom stereocenters. The number of nitrogens with one attached hydrogen (secondary N) is 1. The summed E-state index contributed by atoms with van der Waals surface area (Å²) in [5, 5.41) is 0.998. The van der Waals surface area contributed by atoms with E-state index in [0.29, 0.717) is 5.69 Å². The first-order chi connectivity index (χ1) is 14.0. The molecule has 29 heavy (non-hydrogen) atoms. The first-order valence-corrected chi connectivity index (χ1v) is 10.4. The molecule has 1 amide bonds. The molecule has 2 aliphatic heterocycles. The zero-order valence-electron chi connectivity index (χ0n) is 16.9. The van der Waals surface area contributed by atoms with Gasteiger partial charge in [-0.05, 0) is 57.0 Å². The van der Waals surface area contributed by atoms with Gasteiger partial charge in [0.05, 0.1) is 12.7 Å². The number of carbonyl (C=O) groups excluding carboxylic acids is 1. The highest BCUT2D eigenvalue weighted by atomic mass is 16.5. The molecule has 0 atom stereocenters. The molecular formula is C24H26N2O3. The normalized spacial score (nSPS) is 17.6. The number of ether oxygens (including phenoxy) is 2. The van der Waals surface area contributed by atoms with E-state index in [-0.39, 0.29) is 17.4 Å². The molecule has 2 aliphatic rings. The van der Waals surface area contributed by atoms with Crippen molar-refractivity contribution in [1.29, 1.82) is 0 Å². The fourth-order valence-electron chi connectivity index (χ4n) is 4.62. The topological polar surface area (TPSA) is 54.6 Å². The molecule has 0 radical (unpaired) electrons. The second-order valence-corrected chi connectivity index (χ2v) is 8.46. The van der Waals surface area contributed by atoms with Crippen molar-refractivity contribution in [1.82, 2.24) is 9.88 Å². The van der Waals surface area contributed by atoms with Crippen LogP contribution in [0.4, 0.5) is 0 Å². The molecule has 1 N–H and O–H groups in total. The van der Waals surface area contributed by atoms with Crippen molar-refractivity contribution in [3.05, 3.63) is 59.8 Å². The lowest BCUT2D eigenvalue weighted by Crippen LogP contribution is -2.46. The van der Waals surface area contributed by atoms with Crippen LogP contribution in [-0.4, -0.2) is 41.6 Å². The number of aromatic nitrogens is 1. The Kier molecular flexibility index (Phi) is 4.26. The molecule has 2 aromatic carbocycles. The van der Waals surface area contributed by atoms with Crippen LogP contribution in [0.3, 0.4) is 0 Å². The van der Waals surface area contributed by atoms with Crippen LogP contribution >= 0.6 is 0 Å². The number of aromatic amines is 1. The number of fused-ring (bicyclic) bond motifs is 3. The molecule has 0 aliphatic carbocycles. The van der Waals surface area contributed by atoms with Gasteiger partial charge in [-0.2, -0.15) is 0 Å². The average Bonchev–Trinajstić information content (AvgIpc) is 3.30. The Bertz CT molecular complexity index is 1060. The summed E-state index contributed by atoms with van der Waals surface area (Å²) in [4.78, 5) is 18.4. The first-order valence-electron chi connectivity index (χ1n) is 10.4. The summed E-state index contributed by atoms with van der Waals surface area (Å²) in [6, 6.07) is 16.1. The molecule has 1 aromatic heterocycles. The number of piperidine rings is 1. The van der Waals surface area contributed by atoms with Gasteiger partial charge >= 0.3 is 0 Å². The summed E-state index contributed by atoms with van der Waals surface area (Å²) in [6.45, 7) is 6.22. The number of benzene rings is 2. The van der Waals surface area contributed by atoms with Crippen molar-refractivity contribution in [2.75, 3.05) is 19.7 Å². The lowest BCUT2D eigenvalue weighted by Gasteiger charge is -2.38. The molecular weight excluding hydrogens is 364 g/mol. The van der Waals surface area contributed by atoms with E-state index < -0.39 is 0 Å². The van der Waals surface area contributed by atoms with Gasteiger partial charge in [0.25, 0.3) is 5.91 Å². The van der Waals surface area contributed by atoms with Crippen molar-refractivity contribution in [3.63, 3.8) is 0 Å². The summed E-state index contributed by atoms with van der Waals surface area (Å²) in [5.41, 5.74) is 2.95. The number of likely N-dealkylation sites (tertiary alicyclic amines) is 1. The Labute approximate surface area is 170 Å². The molecule has 5 rings (SSSR count). The smallest absolute Gasteiger partial charge is 0.270 e. The van der Waals surface area contributed by atoms with Crippen LogP contribution in [-0.2, 0) is 5.41 Å². The minimum atomic E-state index is 0.0525. The van der Waals surface area contributed by atoms with E-state index in [1.54, 1.807) is 0 Å². The number of para-hydroxylation sites is 1. The molecule has 3 heterocycles. The lowest BCUT2D eigenvalue weighted by atomic mass is 9.74. The van der Waals surface area contributed by atoms with Gasteiger partial charge in [-0.15, -0.1) is 0 Å². The Morgan fingerprint density at radius 1 is 1.14 bits per heavy atom. The van der Waals surface area contributed by atoms with Crippen LogP contribution in [0.5, 0.6) is 11.5 Å². The van der Waals surface area contributed by atoms with Gasteiger partial charge in [-0.25, -0.2) is 0 Å². The fraction of sp³-hybridized carbons (Fsp3) is 0.375. The minimum Gasteiger partial charge on any atom is -0.492 e. The Morgan fingerprint density at radius 2 is 1.93 bits per heavy atom. The molecule has 1 fully saturated rings.